The fraction of sp³-hybridized carbons (Fsp3) is 0.714. The van der Waals surface area contributed by atoms with Crippen LogP contribution >= 0.6 is 0 Å². The van der Waals surface area contributed by atoms with Crippen LogP contribution in [0.2, 0.25) is 0 Å². The Kier molecular flexibility index (Phi) is 4.55. The second-order valence-corrected chi connectivity index (χ2v) is 2.84. The van der Waals surface area contributed by atoms with E-state index in [9.17, 15) is 18.0 Å². The number of carbonyl (C=O) groups is 2. The van der Waals surface area contributed by atoms with E-state index in [0.29, 0.717) is 18.6 Å². The summed E-state index contributed by atoms with van der Waals surface area (Å²) in [5.41, 5.74) is 5.40. The summed E-state index contributed by atoms with van der Waals surface area (Å²) in [6.07, 6.45) is -2.86. The molecule has 0 radical (unpaired) electrons. The van der Waals surface area contributed by atoms with Gasteiger partial charge in [0.25, 0.3) is 0 Å². The lowest BCUT2D eigenvalue weighted by molar-refractivity contribution is -0.192. The van der Waals surface area contributed by atoms with E-state index in [-0.39, 0.29) is 6.04 Å². The van der Waals surface area contributed by atoms with Crippen molar-refractivity contribution in [2.75, 3.05) is 0 Å². The molecule has 4 nitrogen and oxygen atoms in total. The number of hydrogen-bond donors (Lipinski definition) is 2. The van der Waals surface area contributed by atoms with E-state index in [1.165, 1.54) is 0 Å². The van der Waals surface area contributed by atoms with Crippen molar-refractivity contribution in [2.45, 2.75) is 31.5 Å². The Hall–Kier alpha value is -1.11. The SMILES string of the molecule is N[C@H]1CCC(=O)C1.O=C(O)C(F)(F)F. The van der Waals surface area contributed by atoms with Crippen molar-refractivity contribution in [3.8, 4) is 0 Å². The van der Waals surface area contributed by atoms with Crippen LogP contribution in [0.5, 0.6) is 0 Å². The number of rotatable bonds is 0. The van der Waals surface area contributed by atoms with Crippen LogP contribution in [0.3, 0.4) is 0 Å². The number of hydrogen-bond acceptors (Lipinski definition) is 3. The molecule has 0 aliphatic heterocycles. The summed E-state index contributed by atoms with van der Waals surface area (Å²) in [6, 6.07) is 0.174. The molecule has 0 aromatic carbocycles. The first-order valence-electron chi connectivity index (χ1n) is 3.81. The molecule has 1 aliphatic rings. The first-order chi connectivity index (χ1) is 6.23. The van der Waals surface area contributed by atoms with Gasteiger partial charge in [-0.15, -0.1) is 0 Å². The summed E-state index contributed by atoms with van der Waals surface area (Å²) in [5.74, 6) is -2.43. The first kappa shape index (κ1) is 12.9. The Labute approximate surface area is 77.9 Å². The Morgan fingerprint density at radius 1 is 1.50 bits per heavy atom. The summed E-state index contributed by atoms with van der Waals surface area (Å²) in [4.78, 5) is 19.3. The largest absolute Gasteiger partial charge is 0.490 e. The second-order valence-electron chi connectivity index (χ2n) is 2.84. The van der Waals surface area contributed by atoms with Crippen molar-refractivity contribution < 1.29 is 27.9 Å². The van der Waals surface area contributed by atoms with Gasteiger partial charge in [-0.05, 0) is 6.42 Å². The Balaban J connectivity index is 0.000000241. The van der Waals surface area contributed by atoms with E-state index in [0.717, 1.165) is 6.42 Å². The number of Topliss-reactive ketones (excluding diaryl/α,β-unsaturated/α-hetero) is 1. The molecule has 82 valence electrons. The third kappa shape index (κ3) is 5.52. The zero-order valence-corrected chi connectivity index (χ0v) is 7.17. The Morgan fingerprint density at radius 2 is 1.93 bits per heavy atom. The van der Waals surface area contributed by atoms with Crippen LogP contribution in [0, 0.1) is 0 Å². The molecule has 3 N–H and O–H groups in total. The third-order valence-corrected chi connectivity index (χ3v) is 1.53. The maximum absolute atomic E-state index is 10.6. The van der Waals surface area contributed by atoms with Crippen LogP contribution in [0.1, 0.15) is 19.3 Å². The molecular weight excluding hydrogens is 203 g/mol. The van der Waals surface area contributed by atoms with Gasteiger partial charge in [0, 0.05) is 18.9 Å². The Morgan fingerprint density at radius 3 is 2.00 bits per heavy atom. The molecule has 1 rings (SSSR count). The van der Waals surface area contributed by atoms with Crippen LogP contribution in [-0.4, -0.2) is 29.1 Å². The van der Waals surface area contributed by atoms with Gasteiger partial charge in [0.2, 0.25) is 0 Å². The average molecular weight is 213 g/mol. The van der Waals surface area contributed by atoms with Gasteiger partial charge in [-0.1, -0.05) is 0 Å². The number of carboxylic acid groups (broad SMARTS) is 1. The number of alkyl halides is 3. The maximum Gasteiger partial charge on any atom is 0.490 e. The molecule has 0 amide bonds. The highest BCUT2D eigenvalue weighted by Gasteiger charge is 2.38. The standard InChI is InChI=1S/C5H9NO.C2HF3O2/c6-4-1-2-5(7)3-4;3-2(4,5)1(6)7/h4H,1-3,6H2;(H,6,7)/t4-;/m0./s1. The van der Waals surface area contributed by atoms with Crippen molar-refractivity contribution in [1.29, 1.82) is 0 Å². The lowest BCUT2D eigenvalue weighted by atomic mass is 10.3. The molecule has 0 spiro atoms. The minimum absolute atomic E-state index is 0.174. The van der Waals surface area contributed by atoms with Crippen LogP contribution in [0.25, 0.3) is 0 Å². The van der Waals surface area contributed by atoms with Crippen molar-refractivity contribution in [3.63, 3.8) is 0 Å². The van der Waals surface area contributed by atoms with E-state index >= 15 is 0 Å². The van der Waals surface area contributed by atoms with Gasteiger partial charge in [0.15, 0.2) is 0 Å². The van der Waals surface area contributed by atoms with Crippen molar-refractivity contribution in [2.24, 2.45) is 5.73 Å². The predicted octanol–water partition coefficient (Wildman–Crippen LogP) is 0.700. The molecule has 1 aliphatic carbocycles. The van der Waals surface area contributed by atoms with Gasteiger partial charge in [-0.2, -0.15) is 13.2 Å². The highest BCUT2D eigenvalue weighted by molar-refractivity contribution is 5.81. The second kappa shape index (κ2) is 4.94. The lowest BCUT2D eigenvalue weighted by Gasteiger charge is -1.93. The highest BCUT2D eigenvalue weighted by Crippen LogP contribution is 2.13. The fourth-order valence-corrected chi connectivity index (χ4v) is 0.843. The van der Waals surface area contributed by atoms with E-state index in [2.05, 4.69) is 0 Å². The quantitative estimate of drug-likeness (QED) is 0.620. The summed E-state index contributed by atoms with van der Waals surface area (Å²) >= 11 is 0. The molecule has 14 heavy (non-hydrogen) atoms. The average Bonchev–Trinajstić information content (AvgIpc) is 2.33. The third-order valence-electron chi connectivity index (χ3n) is 1.53. The number of nitrogens with two attached hydrogens (primary N) is 1. The molecule has 1 saturated carbocycles. The summed E-state index contributed by atoms with van der Waals surface area (Å²) in [5, 5.41) is 7.12. The van der Waals surface area contributed by atoms with Crippen molar-refractivity contribution >= 4 is 11.8 Å². The normalized spacial score (nSPS) is 21.4. The maximum atomic E-state index is 10.6. The predicted molar refractivity (Wildman–Crippen MR) is 40.5 cm³/mol. The number of halogens is 3. The van der Waals surface area contributed by atoms with Gasteiger partial charge in [0.1, 0.15) is 5.78 Å². The number of aliphatic carboxylic acids is 1. The number of carbonyl (C=O) groups excluding carboxylic acids is 1. The fourth-order valence-electron chi connectivity index (χ4n) is 0.843. The van der Waals surface area contributed by atoms with E-state index in [1.54, 1.807) is 0 Å². The van der Waals surface area contributed by atoms with Crippen molar-refractivity contribution in [1.82, 2.24) is 0 Å². The number of ketones is 1. The van der Waals surface area contributed by atoms with Gasteiger partial charge >= 0.3 is 12.1 Å². The zero-order valence-electron chi connectivity index (χ0n) is 7.17. The van der Waals surface area contributed by atoms with Gasteiger partial charge in [-0.3, -0.25) is 4.79 Å². The van der Waals surface area contributed by atoms with Gasteiger partial charge in [0.05, 0.1) is 0 Å². The Bertz CT molecular complexity index is 227. The summed E-state index contributed by atoms with van der Waals surface area (Å²) in [6.45, 7) is 0. The van der Waals surface area contributed by atoms with Gasteiger partial charge < -0.3 is 10.8 Å². The number of carboxylic acids is 1. The first-order valence-corrected chi connectivity index (χ1v) is 3.81. The monoisotopic (exact) mass is 213 g/mol. The summed E-state index contributed by atoms with van der Waals surface area (Å²) in [7, 11) is 0. The molecule has 7 heteroatoms. The van der Waals surface area contributed by atoms with Crippen LogP contribution in [0.4, 0.5) is 13.2 Å². The smallest absolute Gasteiger partial charge is 0.475 e. The van der Waals surface area contributed by atoms with Crippen LogP contribution in [-0.2, 0) is 9.59 Å². The molecule has 1 fully saturated rings. The van der Waals surface area contributed by atoms with E-state index in [4.69, 9.17) is 15.6 Å². The minimum atomic E-state index is -5.08. The molecule has 1 atom stereocenters. The lowest BCUT2D eigenvalue weighted by Crippen LogP contribution is -2.21. The molecule has 0 saturated heterocycles. The molecule has 0 aromatic heterocycles. The van der Waals surface area contributed by atoms with E-state index < -0.39 is 12.1 Å². The minimum Gasteiger partial charge on any atom is -0.475 e. The van der Waals surface area contributed by atoms with E-state index in [1.807, 2.05) is 0 Å². The molecule has 0 heterocycles. The molecule has 0 unspecified atom stereocenters. The molecular formula is C7H10F3NO3. The highest BCUT2D eigenvalue weighted by atomic mass is 19.4. The molecule has 0 bridgehead atoms. The zero-order chi connectivity index (χ0) is 11.4. The topological polar surface area (TPSA) is 80.4 Å². The summed E-state index contributed by atoms with van der Waals surface area (Å²) < 4.78 is 31.7. The molecule has 0 aromatic rings. The van der Waals surface area contributed by atoms with Crippen LogP contribution < -0.4 is 5.73 Å². The van der Waals surface area contributed by atoms with Gasteiger partial charge in [-0.25, -0.2) is 4.79 Å². The van der Waals surface area contributed by atoms with Crippen LogP contribution in [0.15, 0.2) is 0 Å². The van der Waals surface area contributed by atoms with Crippen molar-refractivity contribution in [3.05, 3.63) is 0 Å².